The van der Waals surface area contributed by atoms with E-state index in [0.717, 1.165) is 33.5 Å². The van der Waals surface area contributed by atoms with Gasteiger partial charge in [-0.3, -0.25) is 9.78 Å². The SMILES string of the molecule is Cc1cc(-c2ccc(CC(=O)Cc3cc(F)ccc3C)cc2)ccn1. The monoisotopic (exact) mass is 333 g/mol. The zero-order valence-electron chi connectivity index (χ0n) is 14.4. The fourth-order valence-corrected chi connectivity index (χ4v) is 2.87. The molecule has 0 amide bonds. The second-order valence-electron chi connectivity index (χ2n) is 6.35. The molecule has 0 fully saturated rings. The molecule has 2 nitrogen and oxygen atoms in total. The summed E-state index contributed by atoms with van der Waals surface area (Å²) in [6.45, 7) is 3.86. The van der Waals surface area contributed by atoms with Gasteiger partial charge in [-0.2, -0.15) is 0 Å². The maximum absolute atomic E-state index is 13.3. The van der Waals surface area contributed by atoms with Crippen LogP contribution >= 0.6 is 0 Å². The van der Waals surface area contributed by atoms with E-state index in [1.54, 1.807) is 12.3 Å². The molecule has 2 aromatic carbocycles. The summed E-state index contributed by atoms with van der Waals surface area (Å²) in [5.74, 6) is -0.216. The number of ketones is 1. The van der Waals surface area contributed by atoms with Gasteiger partial charge < -0.3 is 0 Å². The molecule has 0 aliphatic heterocycles. The molecular weight excluding hydrogens is 313 g/mol. The first kappa shape index (κ1) is 17.0. The van der Waals surface area contributed by atoms with Crippen LogP contribution in [0.1, 0.15) is 22.4 Å². The largest absolute Gasteiger partial charge is 0.299 e. The predicted octanol–water partition coefficient (Wildman–Crippen LogP) is 4.86. The smallest absolute Gasteiger partial charge is 0.141 e. The molecule has 0 aliphatic carbocycles. The molecule has 0 radical (unpaired) electrons. The standard InChI is InChI=1S/C22H20FNO/c1-15-3-8-21(23)13-20(15)14-22(25)12-17-4-6-18(7-5-17)19-9-10-24-16(2)11-19/h3-11,13H,12,14H2,1-2H3. The number of aromatic nitrogens is 1. The molecule has 0 saturated carbocycles. The molecule has 0 N–H and O–H groups in total. The molecule has 0 bridgehead atoms. The Morgan fingerprint density at radius 1 is 0.920 bits per heavy atom. The van der Waals surface area contributed by atoms with Crippen LogP contribution in [0.2, 0.25) is 0 Å². The Labute approximate surface area is 147 Å². The van der Waals surface area contributed by atoms with Gasteiger partial charge in [0.15, 0.2) is 0 Å². The molecule has 0 saturated heterocycles. The Balaban J connectivity index is 1.69. The van der Waals surface area contributed by atoms with E-state index < -0.39 is 0 Å². The summed E-state index contributed by atoms with van der Waals surface area (Å²) in [5, 5.41) is 0. The number of hydrogen-bond donors (Lipinski definition) is 0. The molecule has 0 spiro atoms. The minimum absolute atomic E-state index is 0.0844. The number of rotatable bonds is 5. The van der Waals surface area contributed by atoms with Crippen molar-refractivity contribution in [1.82, 2.24) is 4.98 Å². The van der Waals surface area contributed by atoms with Gasteiger partial charge in [0.05, 0.1) is 0 Å². The number of Topliss-reactive ketones (excluding diaryl/α,β-unsaturated/α-hetero) is 1. The highest BCUT2D eigenvalue weighted by Crippen LogP contribution is 2.20. The second-order valence-corrected chi connectivity index (χ2v) is 6.35. The highest BCUT2D eigenvalue weighted by Gasteiger charge is 2.09. The van der Waals surface area contributed by atoms with Crippen molar-refractivity contribution in [2.75, 3.05) is 0 Å². The van der Waals surface area contributed by atoms with E-state index in [-0.39, 0.29) is 18.0 Å². The van der Waals surface area contributed by atoms with Gasteiger partial charge in [-0.05, 0) is 65.9 Å². The molecule has 3 rings (SSSR count). The van der Waals surface area contributed by atoms with Crippen LogP contribution in [0.15, 0.2) is 60.8 Å². The van der Waals surface area contributed by atoms with Crippen molar-refractivity contribution in [3.63, 3.8) is 0 Å². The summed E-state index contributed by atoms with van der Waals surface area (Å²) in [5.41, 5.74) is 5.85. The van der Waals surface area contributed by atoms with Crippen LogP contribution in [0.4, 0.5) is 4.39 Å². The quantitative estimate of drug-likeness (QED) is 0.667. The van der Waals surface area contributed by atoms with Crippen molar-refractivity contribution in [2.45, 2.75) is 26.7 Å². The number of carbonyl (C=O) groups is 1. The number of nitrogens with zero attached hydrogens (tertiary/aromatic N) is 1. The van der Waals surface area contributed by atoms with Crippen LogP contribution < -0.4 is 0 Å². The number of halogens is 1. The van der Waals surface area contributed by atoms with Crippen molar-refractivity contribution in [3.8, 4) is 11.1 Å². The summed E-state index contributed by atoms with van der Waals surface area (Å²) in [4.78, 5) is 16.5. The first-order chi connectivity index (χ1) is 12.0. The fraction of sp³-hybridized carbons (Fsp3) is 0.182. The lowest BCUT2D eigenvalue weighted by molar-refractivity contribution is -0.117. The lowest BCUT2D eigenvalue weighted by Gasteiger charge is -2.07. The molecule has 0 atom stereocenters. The molecule has 3 aromatic rings. The summed E-state index contributed by atoms with van der Waals surface area (Å²) in [6.07, 6.45) is 2.41. The van der Waals surface area contributed by atoms with E-state index in [0.29, 0.717) is 6.42 Å². The second kappa shape index (κ2) is 7.39. The van der Waals surface area contributed by atoms with Gasteiger partial charge in [-0.25, -0.2) is 4.39 Å². The topological polar surface area (TPSA) is 30.0 Å². The number of carbonyl (C=O) groups excluding carboxylic acids is 1. The number of aryl methyl sites for hydroxylation is 2. The van der Waals surface area contributed by atoms with Gasteiger partial charge >= 0.3 is 0 Å². The maximum Gasteiger partial charge on any atom is 0.141 e. The van der Waals surface area contributed by atoms with Crippen LogP contribution in [-0.2, 0) is 17.6 Å². The van der Waals surface area contributed by atoms with Gasteiger partial charge in [-0.15, -0.1) is 0 Å². The number of pyridine rings is 1. The Bertz CT molecular complexity index is 900. The Hall–Kier alpha value is -2.81. The van der Waals surface area contributed by atoms with Crippen molar-refractivity contribution in [2.24, 2.45) is 0 Å². The summed E-state index contributed by atoms with van der Waals surface area (Å²) >= 11 is 0. The van der Waals surface area contributed by atoms with Crippen LogP contribution in [0, 0.1) is 19.7 Å². The summed E-state index contributed by atoms with van der Waals surface area (Å²) < 4.78 is 13.3. The first-order valence-electron chi connectivity index (χ1n) is 8.30. The third-order valence-electron chi connectivity index (χ3n) is 4.28. The van der Waals surface area contributed by atoms with E-state index >= 15 is 0 Å². The molecule has 1 aromatic heterocycles. The molecule has 3 heteroatoms. The normalized spacial score (nSPS) is 10.7. The van der Waals surface area contributed by atoms with Crippen LogP contribution in [0.3, 0.4) is 0 Å². The predicted molar refractivity (Wildman–Crippen MR) is 98.0 cm³/mol. The summed E-state index contributed by atoms with van der Waals surface area (Å²) in [7, 11) is 0. The Kier molecular flexibility index (Phi) is 5.03. The zero-order valence-corrected chi connectivity index (χ0v) is 14.4. The third-order valence-corrected chi connectivity index (χ3v) is 4.28. The van der Waals surface area contributed by atoms with Crippen LogP contribution in [0.25, 0.3) is 11.1 Å². The van der Waals surface area contributed by atoms with Gasteiger partial charge in [0.2, 0.25) is 0 Å². The van der Waals surface area contributed by atoms with Crippen LogP contribution in [-0.4, -0.2) is 10.8 Å². The van der Waals surface area contributed by atoms with Gasteiger partial charge in [0, 0.05) is 24.7 Å². The van der Waals surface area contributed by atoms with E-state index in [4.69, 9.17) is 0 Å². The molecule has 0 unspecified atom stereocenters. The number of benzene rings is 2. The molecule has 1 heterocycles. The van der Waals surface area contributed by atoms with Gasteiger partial charge in [0.1, 0.15) is 11.6 Å². The van der Waals surface area contributed by atoms with Crippen molar-refractivity contribution >= 4 is 5.78 Å². The highest BCUT2D eigenvalue weighted by atomic mass is 19.1. The fourth-order valence-electron chi connectivity index (χ4n) is 2.87. The number of hydrogen-bond acceptors (Lipinski definition) is 2. The van der Waals surface area contributed by atoms with Crippen molar-refractivity contribution < 1.29 is 9.18 Å². The van der Waals surface area contributed by atoms with Crippen LogP contribution in [0.5, 0.6) is 0 Å². The summed E-state index contributed by atoms with van der Waals surface area (Å²) in [6, 6.07) is 16.6. The highest BCUT2D eigenvalue weighted by molar-refractivity contribution is 5.83. The molecule has 0 aliphatic rings. The lowest BCUT2D eigenvalue weighted by Crippen LogP contribution is -2.08. The van der Waals surface area contributed by atoms with E-state index in [9.17, 15) is 9.18 Å². The van der Waals surface area contributed by atoms with E-state index in [1.165, 1.54) is 12.1 Å². The zero-order chi connectivity index (χ0) is 17.8. The average molecular weight is 333 g/mol. The minimum Gasteiger partial charge on any atom is -0.299 e. The Morgan fingerprint density at radius 3 is 2.40 bits per heavy atom. The molecular formula is C22H20FNO. The van der Waals surface area contributed by atoms with Crippen molar-refractivity contribution in [1.29, 1.82) is 0 Å². The molecule has 126 valence electrons. The van der Waals surface area contributed by atoms with Crippen molar-refractivity contribution in [3.05, 3.63) is 89.0 Å². The minimum atomic E-state index is -0.301. The van der Waals surface area contributed by atoms with E-state index in [2.05, 4.69) is 4.98 Å². The average Bonchev–Trinajstić information content (AvgIpc) is 2.59. The Morgan fingerprint density at radius 2 is 1.68 bits per heavy atom. The van der Waals surface area contributed by atoms with Gasteiger partial charge in [-0.1, -0.05) is 30.3 Å². The third kappa shape index (κ3) is 4.38. The van der Waals surface area contributed by atoms with E-state index in [1.807, 2.05) is 50.2 Å². The first-order valence-corrected chi connectivity index (χ1v) is 8.30. The lowest BCUT2D eigenvalue weighted by atomic mass is 9.98. The molecule has 25 heavy (non-hydrogen) atoms. The van der Waals surface area contributed by atoms with Gasteiger partial charge in [0.25, 0.3) is 0 Å². The maximum atomic E-state index is 13.3.